The second kappa shape index (κ2) is 6.96. The Bertz CT molecular complexity index is 1010. The number of carbonyl (C=O) groups is 2. The number of ether oxygens (including phenoxy) is 1. The van der Waals surface area contributed by atoms with Gasteiger partial charge in [-0.2, -0.15) is 14.3 Å². The van der Waals surface area contributed by atoms with Crippen LogP contribution in [0.4, 0.5) is 4.79 Å². The Kier molecular flexibility index (Phi) is 4.47. The van der Waals surface area contributed by atoms with Crippen LogP contribution in [0.1, 0.15) is 16.7 Å². The van der Waals surface area contributed by atoms with E-state index in [2.05, 4.69) is 5.32 Å². The Hall–Kier alpha value is -3.41. The zero-order chi connectivity index (χ0) is 19.8. The summed E-state index contributed by atoms with van der Waals surface area (Å²) in [5.41, 5.74) is 3.87. The molecule has 0 bridgehead atoms. The van der Waals surface area contributed by atoms with Crippen LogP contribution in [-0.2, 0) is 16.1 Å². The van der Waals surface area contributed by atoms with Gasteiger partial charge < -0.3 is 10.1 Å². The molecule has 4 rings (SSSR count). The van der Waals surface area contributed by atoms with Gasteiger partial charge in [0.2, 0.25) is 5.88 Å². The van der Waals surface area contributed by atoms with Crippen molar-refractivity contribution in [1.82, 2.24) is 10.2 Å². The van der Waals surface area contributed by atoms with Crippen molar-refractivity contribution in [3.63, 3.8) is 0 Å². The number of amides is 3. The minimum atomic E-state index is -0.645. The molecule has 2 aromatic carbocycles. The summed E-state index contributed by atoms with van der Waals surface area (Å²) in [4.78, 5) is 26.4. The first kappa shape index (κ1) is 18.0. The molecule has 0 saturated carbocycles. The van der Waals surface area contributed by atoms with Crippen LogP contribution in [0.5, 0.6) is 0 Å². The summed E-state index contributed by atoms with van der Waals surface area (Å²) in [6.07, 6.45) is 0. The van der Waals surface area contributed by atoms with Gasteiger partial charge in [0.1, 0.15) is 0 Å². The molecular weight excluding hydrogens is 354 g/mol. The lowest BCUT2D eigenvalue weighted by molar-refractivity contribution is -0.416. The molecule has 2 heterocycles. The maximum atomic E-state index is 12.9. The zero-order valence-electron chi connectivity index (χ0n) is 16.1. The average molecular weight is 376 g/mol. The van der Waals surface area contributed by atoms with E-state index in [-0.39, 0.29) is 5.91 Å². The molecule has 0 fully saturated rings. The molecule has 28 heavy (non-hydrogen) atoms. The van der Waals surface area contributed by atoms with E-state index in [1.54, 1.807) is 7.05 Å². The SMILES string of the molecule is Cc1ccc(C2=C(NCc3ccccc3)OC3=[N+](C)C(=O)N(C)C(=O)C23)cc1. The first-order valence-corrected chi connectivity index (χ1v) is 9.16. The fourth-order valence-corrected chi connectivity index (χ4v) is 3.51. The highest BCUT2D eigenvalue weighted by atomic mass is 16.5. The van der Waals surface area contributed by atoms with Gasteiger partial charge in [-0.05, 0) is 18.1 Å². The van der Waals surface area contributed by atoms with Crippen LogP contribution in [-0.4, -0.2) is 41.4 Å². The number of nitrogens with one attached hydrogen (secondary N) is 1. The fraction of sp³-hybridized carbons (Fsp3) is 0.227. The van der Waals surface area contributed by atoms with Crippen LogP contribution >= 0.6 is 0 Å². The number of imide groups is 1. The Balaban J connectivity index is 1.78. The Morgan fingerprint density at radius 3 is 2.43 bits per heavy atom. The van der Waals surface area contributed by atoms with Crippen LogP contribution < -0.4 is 5.32 Å². The maximum Gasteiger partial charge on any atom is 0.502 e. The maximum absolute atomic E-state index is 12.9. The topological polar surface area (TPSA) is 61.6 Å². The number of benzene rings is 2. The second-order valence-corrected chi connectivity index (χ2v) is 7.06. The van der Waals surface area contributed by atoms with Crippen LogP contribution in [0.25, 0.3) is 5.57 Å². The van der Waals surface area contributed by atoms with E-state index >= 15 is 0 Å². The van der Waals surface area contributed by atoms with Crippen LogP contribution in [0.15, 0.2) is 60.5 Å². The van der Waals surface area contributed by atoms with Crippen molar-refractivity contribution in [2.24, 2.45) is 5.92 Å². The van der Waals surface area contributed by atoms with Crippen LogP contribution in [0.2, 0.25) is 0 Å². The van der Waals surface area contributed by atoms with Gasteiger partial charge in [0.05, 0.1) is 14.1 Å². The summed E-state index contributed by atoms with van der Waals surface area (Å²) in [7, 11) is 3.13. The van der Waals surface area contributed by atoms with Crippen molar-refractivity contribution in [1.29, 1.82) is 0 Å². The van der Waals surface area contributed by atoms with Crippen molar-refractivity contribution in [3.8, 4) is 0 Å². The molecule has 2 aliphatic rings. The molecule has 2 aliphatic heterocycles. The number of aryl methyl sites for hydroxylation is 1. The minimum absolute atomic E-state index is 0.287. The summed E-state index contributed by atoms with van der Waals surface area (Å²) in [6.45, 7) is 2.56. The lowest BCUT2D eigenvalue weighted by Gasteiger charge is -2.20. The standard InChI is InChI=1S/C22H22N3O3/c1-14-9-11-16(12-10-14)17-18-20(26)24(2)22(27)25(3)21(18)28-19(17)23-13-15-7-5-4-6-8-15/h4-12,18,23H,13H2,1-3H3/q+1. The van der Waals surface area contributed by atoms with Crippen molar-refractivity contribution >= 4 is 23.4 Å². The van der Waals surface area contributed by atoms with Gasteiger partial charge in [0.15, 0.2) is 5.92 Å². The molecule has 0 radical (unpaired) electrons. The summed E-state index contributed by atoms with van der Waals surface area (Å²) in [5.74, 6) is -0.0749. The van der Waals surface area contributed by atoms with E-state index in [0.717, 1.165) is 27.2 Å². The lowest BCUT2D eigenvalue weighted by atomic mass is 9.91. The number of fused-ring (bicyclic) bond motifs is 1. The average Bonchev–Trinajstić information content (AvgIpc) is 3.10. The molecule has 2 aromatic rings. The number of rotatable bonds is 4. The van der Waals surface area contributed by atoms with Crippen LogP contribution in [0, 0.1) is 12.8 Å². The fourth-order valence-electron chi connectivity index (χ4n) is 3.51. The Morgan fingerprint density at radius 2 is 1.75 bits per heavy atom. The number of nitrogens with zero attached hydrogens (tertiary/aromatic N) is 2. The second-order valence-electron chi connectivity index (χ2n) is 7.06. The van der Waals surface area contributed by atoms with Crippen molar-refractivity contribution in [3.05, 3.63) is 77.2 Å². The predicted molar refractivity (Wildman–Crippen MR) is 105 cm³/mol. The third-order valence-electron chi connectivity index (χ3n) is 5.13. The largest absolute Gasteiger partial charge is 0.502 e. The van der Waals surface area contributed by atoms with E-state index in [1.807, 2.05) is 61.5 Å². The molecule has 0 saturated heterocycles. The smallest absolute Gasteiger partial charge is 0.408 e. The van der Waals surface area contributed by atoms with E-state index in [0.29, 0.717) is 18.3 Å². The van der Waals surface area contributed by atoms with Crippen molar-refractivity contribution in [2.45, 2.75) is 13.5 Å². The molecule has 6 heteroatoms. The van der Waals surface area contributed by atoms with Crippen LogP contribution in [0.3, 0.4) is 0 Å². The first-order chi connectivity index (χ1) is 13.5. The molecule has 0 spiro atoms. The highest BCUT2D eigenvalue weighted by Gasteiger charge is 2.53. The summed E-state index contributed by atoms with van der Waals surface area (Å²) in [5, 5.41) is 3.32. The van der Waals surface area contributed by atoms with Gasteiger partial charge in [-0.1, -0.05) is 60.2 Å². The Morgan fingerprint density at radius 1 is 1.07 bits per heavy atom. The summed E-state index contributed by atoms with van der Waals surface area (Å²) >= 11 is 0. The zero-order valence-corrected chi connectivity index (χ0v) is 16.1. The third kappa shape index (κ3) is 2.97. The molecule has 1 atom stereocenters. The molecule has 1 N–H and O–H groups in total. The monoisotopic (exact) mass is 376 g/mol. The van der Waals surface area contributed by atoms with Crippen molar-refractivity contribution < 1.29 is 18.9 Å². The molecule has 1 unspecified atom stereocenters. The van der Waals surface area contributed by atoms with E-state index in [1.165, 1.54) is 11.6 Å². The number of urea groups is 1. The molecule has 0 aromatic heterocycles. The van der Waals surface area contributed by atoms with Gasteiger partial charge in [-0.25, -0.2) is 4.79 Å². The normalized spacial score (nSPS) is 19.1. The summed E-state index contributed by atoms with van der Waals surface area (Å²) < 4.78 is 7.43. The van der Waals surface area contributed by atoms with Gasteiger partial charge in [0, 0.05) is 12.1 Å². The molecular formula is C22H22N3O3+. The van der Waals surface area contributed by atoms with Gasteiger partial charge in [-0.15, -0.1) is 0 Å². The molecule has 142 valence electrons. The van der Waals surface area contributed by atoms with E-state index in [4.69, 9.17) is 4.74 Å². The third-order valence-corrected chi connectivity index (χ3v) is 5.13. The van der Waals surface area contributed by atoms with Gasteiger partial charge in [-0.3, -0.25) is 0 Å². The molecule has 6 nitrogen and oxygen atoms in total. The van der Waals surface area contributed by atoms with Gasteiger partial charge in [0.25, 0.3) is 5.90 Å². The summed E-state index contributed by atoms with van der Waals surface area (Å²) in [6, 6.07) is 17.5. The Labute approximate surface area is 163 Å². The lowest BCUT2D eigenvalue weighted by Crippen LogP contribution is -2.51. The number of hydrogen-bond acceptors (Lipinski definition) is 4. The van der Waals surface area contributed by atoms with E-state index < -0.39 is 11.9 Å². The highest BCUT2D eigenvalue weighted by molar-refractivity contribution is 6.17. The first-order valence-electron chi connectivity index (χ1n) is 9.16. The van der Waals surface area contributed by atoms with E-state index in [9.17, 15) is 9.59 Å². The predicted octanol–water partition coefficient (Wildman–Crippen LogP) is 2.73. The van der Waals surface area contributed by atoms with Crippen molar-refractivity contribution in [2.75, 3.05) is 14.1 Å². The molecule has 3 amide bonds. The minimum Gasteiger partial charge on any atom is -0.408 e. The highest BCUT2D eigenvalue weighted by Crippen LogP contribution is 2.37. The number of carbonyl (C=O) groups excluding carboxylic acids is 2. The number of hydrogen-bond donors (Lipinski definition) is 1. The quantitative estimate of drug-likeness (QED) is 0.834. The molecule has 0 aliphatic carbocycles. The van der Waals surface area contributed by atoms with Gasteiger partial charge >= 0.3 is 11.9 Å².